The zero-order valence-corrected chi connectivity index (χ0v) is 17.2. The summed E-state index contributed by atoms with van der Waals surface area (Å²) in [6, 6.07) is 9.35. The lowest BCUT2D eigenvalue weighted by Crippen LogP contribution is -2.39. The quantitative estimate of drug-likeness (QED) is 0.427. The van der Waals surface area contributed by atoms with Crippen molar-refractivity contribution in [3.05, 3.63) is 47.3 Å². The minimum Gasteiger partial charge on any atom is -0.497 e. The second kappa shape index (κ2) is 11.3. The molecule has 0 amide bonds. The second-order valence-electron chi connectivity index (χ2n) is 6.60. The number of hydrogen-bond donors (Lipinski definition) is 3. The number of guanidine groups is 1. The van der Waals surface area contributed by atoms with E-state index < -0.39 is 6.10 Å². The molecule has 1 aromatic carbocycles. The van der Waals surface area contributed by atoms with E-state index in [1.807, 2.05) is 37.3 Å². The molecule has 1 atom stereocenters. The van der Waals surface area contributed by atoms with Crippen molar-refractivity contribution in [3.8, 4) is 5.75 Å². The zero-order chi connectivity index (χ0) is 20.4. The molecule has 0 saturated heterocycles. The lowest BCUT2D eigenvalue weighted by Gasteiger charge is -2.15. The van der Waals surface area contributed by atoms with Crippen LogP contribution in [0, 0.1) is 0 Å². The fourth-order valence-corrected chi connectivity index (χ4v) is 2.94. The molecular formula is C21H32N4O3. The molecule has 7 heteroatoms. The first-order valence-corrected chi connectivity index (χ1v) is 9.90. The Morgan fingerprint density at radius 3 is 2.50 bits per heavy atom. The van der Waals surface area contributed by atoms with Crippen LogP contribution in [0.15, 0.2) is 39.8 Å². The minimum atomic E-state index is -0.651. The third-order valence-electron chi connectivity index (χ3n) is 4.68. The molecule has 1 unspecified atom stereocenters. The van der Waals surface area contributed by atoms with Gasteiger partial charge in [-0.3, -0.25) is 0 Å². The lowest BCUT2D eigenvalue weighted by molar-refractivity contribution is 0.180. The van der Waals surface area contributed by atoms with Gasteiger partial charge in [0.05, 0.1) is 18.9 Å². The van der Waals surface area contributed by atoms with E-state index >= 15 is 0 Å². The number of aliphatic hydroxyl groups excluding tert-OH is 1. The summed E-state index contributed by atoms with van der Waals surface area (Å²) in [5.41, 5.74) is 1.80. The average molecular weight is 389 g/mol. The summed E-state index contributed by atoms with van der Waals surface area (Å²) in [6.07, 6.45) is 1.43. The monoisotopic (exact) mass is 388 g/mol. The molecule has 0 radical (unpaired) electrons. The Labute approximate surface area is 167 Å². The van der Waals surface area contributed by atoms with Crippen molar-refractivity contribution in [3.63, 3.8) is 0 Å². The number of benzene rings is 1. The maximum Gasteiger partial charge on any atom is 0.191 e. The highest BCUT2D eigenvalue weighted by Crippen LogP contribution is 2.22. The Morgan fingerprint density at radius 2 is 1.89 bits per heavy atom. The minimum absolute atomic E-state index is 0.341. The summed E-state index contributed by atoms with van der Waals surface area (Å²) >= 11 is 0. The van der Waals surface area contributed by atoms with Crippen molar-refractivity contribution in [1.29, 1.82) is 0 Å². The largest absolute Gasteiger partial charge is 0.497 e. The van der Waals surface area contributed by atoms with E-state index in [9.17, 15) is 5.11 Å². The molecule has 1 heterocycles. The topological polar surface area (TPSA) is 91.9 Å². The van der Waals surface area contributed by atoms with E-state index in [1.54, 1.807) is 7.11 Å². The van der Waals surface area contributed by atoms with Crippen molar-refractivity contribution >= 4 is 5.96 Å². The predicted molar refractivity (Wildman–Crippen MR) is 111 cm³/mol. The highest BCUT2D eigenvalue weighted by molar-refractivity contribution is 5.79. The molecule has 0 saturated carbocycles. The van der Waals surface area contributed by atoms with Gasteiger partial charge in [-0.15, -0.1) is 0 Å². The first-order valence-electron chi connectivity index (χ1n) is 9.90. The van der Waals surface area contributed by atoms with E-state index in [0.29, 0.717) is 25.0 Å². The van der Waals surface area contributed by atoms with Gasteiger partial charge in [-0.25, -0.2) is 4.99 Å². The molecule has 2 rings (SSSR count). The fraction of sp³-hybridized carbons (Fsp3) is 0.524. The van der Waals surface area contributed by atoms with Crippen molar-refractivity contribution in [2.45, 2.75) is 52.2 Å². The molecule has 0 aliphatic heterocycles. The highest BCUT2D eigenvalue weighted by atomic mass is 16.5. The van der Waals surface area contributed by atoms with Crippen LogP contribution in [0.25, 0.3) is 0 Å². The van der Waals surface area contributed by atoms with Gasteiger partial charge in [0.1, 0.15) is 12.3 Å². The summed E-state index contributed by atoms with van der Waals surface area (Å²) < 4.78 is 10.6. The van der Waals surface area contributed by atoms with Crippen LogP contribution in [0.5, 0.6) is 5.75 Å². The highest BCUT2D eigenvalue weighted by Gasteiger charge is 2.13. The van der Waals surface area contributed by atoms with Gasteiger partial charge in [0.25, 0.3) is 0 Å². The third-order valence-corrected chi connectivity index (χ3v) is 4.68. The van der Waals surface area contributed by atoms with Gasteiger partial charge >= 0.3 is 0 Å². The molecule has 3 N–H and O–H groups in total. The van der Waals surface area contributed by atoms with Crippen LogP contribution in [-0.4, -0.2) is 36.4 Å². The van der Waals surface area contributed by atoms with E-state index in [4.69, 9.17) is 9.26 Å². The molecule has 28 heavy (non-hydrogen) atoms. The summed E-state index contributed by atoms with van der Waals surface area (Å²) in [7, 11) is 1.62. The van der Waals surface area contributed by atoms with Crippen LogP contribution in [0.1, 0.15) is 62.7 Å². The Hall–Kier alpha value is -2.54. The zero-order valence-electron chi connectivity index (χ0n) is 17.2. The summed E-state index contributed by atoms with van der Waals surface area (Å²) in [5, 5.41) is 20.9. The fourth-order valence-electron chi connectivity index (χ4n) is 2.94. The number of aliphatic imine (C=N–C) groups is 1. The van der Waals surface area contributed by atoms with Crippen molar-refractivity contribution in [2.75, 3.05) is 20.2 Å². The number of ether oxygens (including phenoxy) is 1. The Kier molecular flexibility index (Phi) is 8.81. The van der Waals surface area contributed by atoms with Crippen molar-refractivity contribution in [1.82, 2.24) is 15.8 Å². The molecule has 0 spiro atoms. The number of aromatic nitrogens is 1. The second-order valence-corrected chi connectivity index (χ2v) is 6.60. The Bertz CT molecular complexity index is 724. The van der Waals surface area contributed by atoms with Gasteiger partial charge in [0.15, 0.2) is 11.7 Å². The SMILES string of the molecule is CCNC(=NCc1cc(C(CC)CC)no1)NCC(O)c1ccc(OC)cc1. The van der Waals surface area contributed by atoms with Gasteiger partial charge in [0.2, 0.25) is 0 Å². The molecule has 0 bridgehead atoms. The van der Waals surface area contributed by atoms with Crippen molar-refractivity contribution < 1.29 is 14.4 Å². The van der Waals surface area contributed by atoms with Crippen LogP contribution in [0.4, 0.5) is 0 Å². The van der Waals surface area contributed by atoms with E-state index in [1.165, 1.54) is 0 Å². The van der Waals surface area contributed by atoms with Crippen LogP contribution in [-0.2, 0) is 6.54 Å². The van der Waals surface area contributed by atoms with E-state index in [0.717, 1.165) is 42.2 Å². The van der Waals surface area contributed by atoms with Gasteiger partial charge in [-0.2, -0.15) is 0 Å². The lowest BCUT2D eigenvalue weighted by atomic mass is 9.99. The number of rotatable bonds is 10. The third kappa shape index (κ3) is 6.27. The van der Waals surface area contributed by atoms with Crippen LogP contribution >= 0.6 is 0 Å². The molecule has 7 nitrogen and oxygen atoms in total. The molecule has 0 fully saturated rings. The molecule has 154 valence electrons. The Balaban J connectivity index is 1.94. The van der Waals surface area contributed by atoms with E-state index in [2.05, 4.69) is 34.6 Å². The molecular weight excluding hydrogens is 356 g/mol. The number of aliphatic hydroxyl groups is 1. The van der Waals surface area contributed by atoms with Crippen LogP contribution in [0.3, 0.4) is 0 Å². The molecule has 1 aromatic heterocycles. The first-order chi connectivity index (χ1) is 13.6. The number of methoxy groups -OCH3 is 1. The summed E-state index contributed by atoms with van der Waals surface area (Å²) in [6.45, 7) is 7.76. The summed E-state index contributed by atoms with van der Waals surface area (Å²) in [5.74, 6) is 2.54. The number of nitrogens with one attached hydrogen (secondary N) is 2. The normalized spacial score (nSPS) is 12.9. The standard InChI is InChI=1S/C21H32N4O3/c1-5-15(6-2)19-12-18(28-25-19)13-23-21(22-7-3)24-14-20(26)16-8-10-17(27-4)11-9-16/h8-12,15,20,26H,5-7,13-14H2,1-4H3,(H2,22,23,24). The predicted octanol–water partition coefficient (Wildman–Crippen LogP) is 3.38. The first kappa shape index (κ1) is 21.8. The Morgan fingerprint density at radius 1 is 1.18 bits per heavy atom. The maximum atomic E-state index is 10.4. The van der Waals surface area contributed by atoms with E-state index in [-0.39, 0.29) is 0 Å². The van der Waals surface area contributed by atoms with Gasteiger partial charge in [0, 0.05) is 25.1 Å². The average Bonchev–Trinajstić information content (AvgIpc) is 3.19. The van der Waals surface area contributed by atoms with Crippen molar-refractivity contribution in [2.24, 2.45) is 4.99 Å². The van der Waals surface area contributed by atoms with Crippen LogP contribution < -0.4 is 15.4 Å². The molecule has 0 aliphatic rings. The summed E-state index contributed by atoms with van der Waals surface area (Å²) in [4.78, 5) is 4.53. The van der Waals surface area contributed by atoms with Gasteiger partial charge < -0.3 is 25.0 Å². The number of nitrogens with zero attached hydrogens (tertiary/aromatic N) is 2. The van der Waals surface area contributed by atoms with Crippen LogP contribution in [0.2, 0.25) is 0 Å². The molecule has 2 aromatic rings. The smallest absolute Gasteiger partial charge is 0.191 e. The number of hydrogen-bond acceptors (Lipinski definition) is 5. The van der Waals surface area contributed by atoms with Gasteiger partial charge in [-0.05, 0) is 37.5 Å². The maximum absolute atomic E-state index is 10.4. The molecule has 0 aliphatic carbocycles. The van der Waals surface area contributed by atoms with Gasteiger partial charge in [-0.1, -0.05) is 31.1 Å².